The highest BCUT2D eigenvalue weighted by Crippen LogP contribution is 2.33. The Kier molecular flexibility index (Phi) is 4.41. The zero-order chi connectivity index (χ0) is 12.8. The standard InChI is InChI=1S/C13H16N4/c1-9(8-17-10(2)7-14)13(16-3)6-12(15)11-4-5-11/h6,8,11H,1-2,4-5,15H2,3H3. The summed E-state index contributed by atoms with van der Waals surface area (Å²) in [6, 6.07) is 1.83. The normalized spacial score (nSPS) is 16.9. The molecule has 0 spiro atoms. The average Bonchev–Trinajstić information content (AvgIpc) is 3.16. The van der Waals surface area contributed by atoms with Gasteiger partial charge in [0, 0.05) is 24.5 Å². The van der Waals surface area contributed by atoms with Crippen LogP contribution in [0.25, 0.3) is 0 Å². The maximum Gasteiger partial charge on any atom is 0.133 e. The van der Waals surface area contributed by atoms with E-state index >= 15 is 0 Å². The molecule has 0 radical (unpaired) electrons. The van der Waals surface area contributed by atoms with Crippen LogP contribution in [0.2, 0.25) is 0 Å². The Morgan fingerprint density at radius 1 is 1.47 bits per heavy atom. The predicted octanol–water partition coefficient (Wildman–Crippen LogP) is 1.97. The summed E-state index contributed by atoms with van der Waals surface area (Å²) in [5.41, 5.74) is 8.17. The molecule has 1 saturated carbocycles. The van der Waals surface area contributed by atoms with Crippen LogP contribution in [-0.2, 0) is 0 Å². The number of aliphatic imine (C=N–C) groups is 2. The molecule has 0 aliphatic heterocycles. The maximum absolute atomic E-state index is 8.51. The molecular weight excluding hydrogens is 212 g/mol. The second-order valence-electron chi connectivity index (χ2n) is 3.87. The lowest BCUT2D eigenvalue weighted by molar-refractivity contribution is 0.983. The SMILES string of the molecule is C=C(C#N)N=CC(=C)C(C=C(N)C1CC1)=NC. The third-order valence-corrected chi connectivity index (χ3v) is 2.43. The molecule has 1 aliphatic rings. The molecule has 0 bridgehead atoms. The second kappa shape index (κ2) is 5.80. The van der Waals surface area contributed by atoms with E-state index in [9.17, 15) is 0 Å². The molecular formula is C13H16N4. The van der Waals surface area contributed by atoms with Crippen LogP contribution in [-0.4, -0.2) is 19.0 Å². The number of nitrogens with zero attached hydrogens (tertiary/aromatic N) is 3. The molecule has 1 rings (SSSR count). The van der Waals surface area contributed by atoms with Crippen molar-refractivity contribution in [2.24, 2.45) is 21.6 Å². The van der Waals surface area contributed by atoms with Crippen molar-refractivity contribution < 1.29 is 0 Å². The first-order valence-corrected chi connectivity index (χ1v) is 5.34. The number of hydrogen-bond donors (Lipinski definition) is 1. The Balaban J connectivity index is 2.72. The van der Waals surface area contributed by atoms with Crippen LogP contribution in [0.4, 0.5) is 0 Å². The molecule has 4 heteroatoms. The minimum atomic E-state index is 0.140. The van der Waals surface area contributed by atoms with Gasteiger partial charge in [-0.05, 0) is 24.8 Å². The molecule has 88 valence electrons. The average molecular weight is 228 g/mol. The maximum atomic E-state index is 8.51. The highest BCUT2D eigenvalue weighted by Gasteiger charge is 2.24. The quantitative estimate of drug-likeness (QED) is 0.577. The van der Waals surface area contributed by atoms with E-state index in [1.54, 1.807) is 7.05 Å². The lowest BCUT2D eigenvalue weighted by Crippen LogP contribution is -2.07. The van der Waals surface area contributed by atoms with Crippen molar-refractivity contribution in [1.82, 2.24) is 0 Å². The fourth-order valence-corrected chi connectivity index (χ4v) is 1.24. The van der Waals surface area contributed by atoms with Crippen LogP contribution in [0.1, 0.15) is 12.8 Å². The van der Waals surface area contributed by atoms with Crippen LogP contribution in [0, 0.1) is 17.2 Å². The molecule has 0 heterocycles. The van der Waals surface area contributed by atoms with Gasteiger partial charge in [-0.25, -0.2) is 4.99 Å². The molecule has 0 aromatic rings. The van der Waals surface area contributed by atoms with Gasteiger partial charge >= 0.3 is 0 Å². The number of hydrogen-bond acceptors (Lipinski definition) is 4. The Morgan fingerprint density at radius 3 is 2.59 bits per heavy atom. The van der Waals surface area contributed by atoms with Crippen LogP contribution in [0.3, 0.4) is 0 Å². The minimum absolute atomic E-state index is 0.140. The van der Waals surface area contributed by atoms with E-state index < -0.39 is 0 Å². The van der Waals surface area contributed by atoms with Crippen molar-refractivity contribution in [1.29, 1.82) is 5.26 Å². The zero-order valence-corrected chi connectivity index (χ0v) is 9.98. The molecule has 0 unspecified atom stereocenters. The number of nitriles is 1. The van der Waals surface area contributed by atoms with Crippen molar-refractivity contribution in [2.75, 3.05) is 7.05 Å². The van der Waals surface area contributed by atoms with E-state index in [0.717, 1.165) is 18.5 Å². The lowest BCUT2D eigenvalue weighted by Gasteiger charge is -2.02. The third kappa shape index (κ3) is 4.07. The Morgan fingerprint density at radius 2 is 2.12 bits per heavy atom. The molecule has 17 heavy (non-hydrogen) atoms. The molecule has 0 saturated heterocycles. The Labute approximate surface area is 102 Å². The van der Waals surface area contributed by atoms with Crippen molar-refractivity contribution in [3.63, 3.8) is 0 Å². The first kappa shape index (κ1) is 12.9. The van der Waals surface area contributed by atoms with Gasteiger partial charge in [-0.1, -0.05) is 13.2 Å². The smallest absolute Gasteiger partial charge is 0.133 e. The number of nitrogens with two attached hydrogens (primary N) is 1. The highest BCUT2D eigenvalue weighted by molar-refractivity contribution is 6.21. The third-order valence-electron chi connectivity index (χ3n) is 2.43. The number of rotatable bonds is 5. The van der Waals surface area contributed by atoms with Crippen molar-refractivity contribution in [2.45, 2.75) is 12.8 Å². The van der Waals surface area contributed by atoms with E-state index in [1.807, 2.05) is 12.1 Å². The molecule has 0 aromatic heterocycles. The van der Waals surface area contributed by atoms with Gasteiger partial charge < -0.3 is 5.73 Å². The monoisotopic (exact) mass is 228 g/mol. The van der Waals surface area contributed by atoms with Gasteiger partial charge in [0.1, 0.15) is 11.8 Å². The van der Waals surface area contributed by atoms with Gasteiger partial charge in [0.05, 0.1) is 5.71 Å². The van der Waals surface area contributed by atoms with Crippen LogP contribution in [0.15, 0.2) is 46.2 Å². The Hall–Kier alpha value is -2.15. The Bertz CT molecular complexity index is 456. The topological polar surface area (TPSA) is 74.5 Å². The van der Waals surface area contributed by atoms with Crippen LogP contribution in [0.5, 0.6) is 0 Å². The first-order chi connectivity index (χ1) is 8.08. The van der Waals surface area contributed by atoms with Gasteiger partial charge in [0.25, 0.3) is 0 Å². The van der Waals surface area contributed by atoms with Gasteiger partial charge in [0.2, 0.25) is 0 Å². The predicted molar refractivity (Wildman–Crippen MR) is 70.7 cm³/mol. The van der Waals surface area contributed by atoms with Crippen LogP contribution >= 0.6 is 0 Å². The van der Waals surface area contributed by atoms with Crippen molar-refractivity contribution >= 4 is 11.9 Å². The van der Waals surface area contributed by atoms with Crippen LogP contribution < -0.4 is 5.73 Å². The summed E-state index contributed by atoms with van der Waals surface area (Å²) in [5, 5.41) is 8.51. The summed E-state index contributed by atoms with van der Waals surface area (Å²) < 4.78 is 0. The largest absolute Gasteiger partial charge is 0.402 e. The van der Waals surface area contributed by atoms with E-state index in [0.29, 0.717) is 17.2 Å². The fourth-order valence-electron chi connectivity index (χ4n) is 1.24. The summed E-state index contributed by atoms with van der Waals surface area (Å²) in [6.07, 6.45) is 5.59. The van der Waals surface area contributed by atoms with Crippen molar-refractivity contribution in [3.8, 4) is 6.07 Å². The summed E-state index contributed by atoms with van der Waals surface area (Å²) in [4.78, 5) is 7.95. The van der Waals surface area contributed by atoms with Gasteiger partial charge in [-0.15, -0.1) is 0 Å². The minimum Gasteiger partial charge on any atom is -0.402 e. The first-order valence-electron chi connectivity index (χ1n) is 5.34. The fraction of sp³-hybridized carbons (Fsp3) is 0.308. The zero-order valence-electron chi connectivity index (χ0n) is 9.98. The molecule has 4 nitrogen and oxygen atoms in total. The highest BCUT2D eigenvalue weighted by atomic mass is 14.7. The molecule has 1 fully saturated rings. The molecule has 0 aromatic carbocycles. The molecule has 0 atom stereocenters. The second-order valence-corrected chi connectivity index (χ2v) is 3.87. The molecule has 2 N–H and O–H groups in total. The summed E-state index contributed by atoms with van der Waals surface area (Å²) in [6.45, 7) is 7.28. The summed E-state index contributed by atoms with van der Waals surface area (Å²) in [5.74, 6) is 0.491. The van der Waals surface area contributed by atoms with Gasteiger partial charge in [-0.3, -0.25) is 4.99 Å². The van der Waals surface area contributed by atoms with E-state index in [4.69, 9.17) is 11.0 Å². The lowest BCUT2D eigenvalue weighted by atomic mass is 10.1. The summed E-state index contributed by atoms with van der Waals surface area (Å²) >= 11 is 0. The van der Waals surface area contributed by atoms with E-state index in [1.165, 1.54) is 6.21 Å². The van der Waals surface area contributed by atoms with E-state index in [-0.39, 0.29) is 5.70 Å². The van der Waals surface area contributed by atoms with E-state index in [2.05, 4.69) is 23.1 Å². The van der Waals surface area contributed by atoms with Gasteiger partial charge in [-0.2, -0.15) is 5.26 Å². The summed E-state index contributed by atoms with van der Waals surface area (Å²) in [7, 11) is 1.67. The molecule has 0 amide bonds. The van der Waals surface area contributed by atoms with Gasteiger partial charge in [0.15, 0.2) is 0 Å². The molecule has 1 aliphatic carbocycles. The number of allylic oxidation sites excluding steroid dienone is 4. The van der Waals surface area contributed by atoms with Crippen molar-refractivity contribution in [3.05, 3.63) is 36.2 Å².